The zero-order valence-electron chi connectivity index (χ0n) is 13.2. The first-order valence-electron chi connectivity index (χ1n) is 6.97. The number of ether oxygens (including phenoxy) is 1. The van der Waals surface area contributed by atoms with Crippen molar-refractivity contribution in [2.24, 2.45) is 16.7 Å². The van der Waals surface area contributed by atoms with Crippen molar-refractivity contribution in [2.75, 3.05) is 7.11 Å². The molecule has 1 unspecified atom stereocenters. The third-order valence-corrected chi connectivity index (χ3v) is 5.46. The molecule has 1 atom stereocenters. The van der Waals surface area contributed by atoms with Crippen LogP contribution in [0.5, 0.6) is 5.75 Å². The molecule has 0 amide bonds. The van der Waals surface area contributed by atoms with Crippen molar-refractivity contribution in [3.05, 3.63) is 28.8 Å². The largest absolute Gasteiger partial charge is 0.496 e. The fraction of sp³-hybridized carbons (Fsp3) is 0.647. The molecule has 2 nitrogen and oxygen atoms in total. The monoisotopic (exact) mass is 262 g/mol. The summed E-state index contributed by atoms with van der Waals surface area (Å²) in [6, 6.07) is 4.12. The van der Waals surface area contributed by atoms with Crippen molar-refractivity contribution in [3.8, 4) is 5.75 Å². The van der Waals surface area contributed by atoms with Crippen LogP contribution in [0.2, 0.25) is 0 Å². The lowest BCUT2D eigenvalue weighted by atomic mass is 9.93. The average Bonchev–Trinajstić information content (AvgIpc) is 2.67. The minimum absolute atomic E-state index is 0.161. The van der Waals surface area contributed by atoms with Gasteiger partial charge in [0.05, 0.1) is 13.2 Å². The van der Waals surface area contributed by atoms with Crippen molar-refractivity contribution >= 4 is 0 Å². The lowest BCUT2D eigenvalue weighted by Crippen LogP contribution is -2.09. The van der Waals surface area contributed by atoms with Crippen LogP contribution in [-0.4, -0.2) is 12.2 Å². The second-order valence-corrected chi connectivity index (χ2v) is 7.06. The summed E-state index contributed by atoms with van der Waals surface area (Å²) in [4.78, 5) is 0. The van der Waals surface area contributed by atoms with Gasteiger partial charge in [-0.3, -0.25) is 0 Å². The topological polar surface area (TPSA) is 29.5 Å². The van der Waals surface area contributed by atoms with Crippen molar-refractivity contribution in [3.63, 3.8) is 0 Å². The van der Waals surface area contributed by atoms with E-state index >= 15 is 0 Å². The van der Waals surface area contributed by atoms with Gasteiger partial charge in [-0.2, -0.15) is 0 Å². The average molecular weight is 262 g/mol. The highest BCUT2D eigenvalue weighted by atomic mass is 16.5. The Labute approximate surface area is 116 Å². The maximum atomic E-state index is 10.8. The zero-order valence-corrected chi connectivity index (χ0v) is 13.2. The predicted octanol–water partition coefficient (Wildman–Crippen LogP) is 4.03. The van der Waals surface area contributed by atoms with Crippen LogP contribution in [-0.2, 0) is 0 Å². The number of rotatable bonds is 3. The number of aryl methyl sites for hydroxylation is 2. The Morgan fingerprint density at radius 1 is 1.11 bits per heavy atom. The Balaban J connectivity index is 2.44. The molecule has 0 radical (unpaired) electrons. The zero-order chi connectivity index (χ0) is 14.6. The third kappa shape index (κ3) is 1.97. The highest BCUT2D eigenvalue weighted by Gasteiger charge is 2.67. The van der Waals surface area contributed by atoms with E-state index in [0.29, 0.717) is 0 Å². The summed E-state index contributed by atoms with van der Waals surface area (Å²) in [5, 5.41) is 10.8. The summed E-state index contributed by atoms with van der Waals surface area (Å²) >= 11 is 0. The van der Waals surface area contributed by atoms with Gasteiger partial charge in [-0.1, -0.05) is 33.8 Å². The lowest BCUT2D eigenvalue weighted by molar-refractivity contribution is 0.126. The number of hydrogen-bond acceptors (Lipinski definition) is 2. The van der Waals surface area contributed by atoms with Crippen molar-refractivity contribution in [2.45, 2.75) is 47.6 Å². The third-order valence-electron chi connectivity index (χ3n) is 5.46. The van der Waals surface area contributed by atoms with Crippen molar-refractivity contribution in [1.82, 2.24) is 0 Å². The van der Waals surface area contributed by atoms with Gasteiger partial charge in [0.1, 0.15) is 5.75 Å². The van der Waals surface area contributed by atoms with Crippen LogP contribution < -0.4 is 4.74 Å². The normalized spacial score (nSPS) is 22.1. The van der Waals surface area contributed by atoms with E-state index in [9.17, 15) is 5.11 Å². The molecular formula is C17H26O2. The smallest absolute Gasteiger partial charge is 0.125 e. The number of aliphatic hydroxyl groups excluding tert-OH is 1. The van der Waals surface area contributed by atoms with Gasteiger partial charge < -0.3 is 9.84 Å². The van der Waals surface area contributed by atoms with Gasteiger partial charge in [-0.05, 0) is 41.9 Å². The first kappa shape index (κ1) is 14.4. The van der Waals surface area contributed by atoms with Crippen LogP contribution in [0.4, 0.5) is 0 Å². The second-order valence-electron chi connectivity index (χ2n) is 7.06. The Hall–Kier alpha value is -1.02. The van der Waals surface area contributed by atoms with Crippen molar-refractivity contribution in [1.29, 1.82) is 0 Å². The quantitative estimate of drug-likeness (QED) is 0.891. The number of hydrogen-bond donors (Lipinski definition) is 1. The molecule has 1 aromatic rings. The van der Waals surface area contributed by atoms with Crippen molar-refractivity contribution < 1.29 is 9.84 Å². The van der Waals surface area contributed by atoms with Gasteiger partial charge in [0.2, 0.25) is 0 Å². The van der Waals surface area contributed by atoms with Crippen LogP contribution in [0.25, 0.3) is 0 Å². The minimum Gasteiger partial charge on any atom is -0.496 e. The molecule has 0 spiro atoms. The van der Waals surface area contributed by atoms with Crippen LogP contribution in [0.3, 0.4) is 0 Å². The Kier molecular flexibility index (Phi) is 3.21. The maximum Gasteiger partial charge on any atom is 0.125 e. The molecule has 0 aliphatic heterocycles. The van der Waals surface area contributed by atoms with Crippen LogP contribution >= 0.6 is 0 Å². The van der Waals surface area contributed by atoms with Crippen LogP contribution in [0.1, 0.15) is 50.5 Å². The van der Waals surface area contributed by atoms with Gasteiger partial charge in [-0.25, -0.2) is 0 Å². The lowest BCUT2D eigenvalue weighted by Gasteiger charge is -2.20. The summed E-state index contributed by atoms with van der Waals surface area (Å²) < 4.78 is 5.48. The summed E-state index contributed by atoms with van der Waals surface area (Å²) in [5.41, 5.74) is 3.56. The predicted molar refractivity (Wildman–Crippen MR) is 78.5 cm³/mol. The van der Waals surface area contributed by atoms with E-state index in [1.165, 1.54) is 5.56 Å². The molecule has 1 fully saturated rings. The van der Waals surface area contributed by atoms with Gasteiger partial charge in [0.25, 0.3) is 0 Å². The number of benzene rings is 1. The Morgan fingerprint density at radius 3 is 2.05 bits per heavy atom. The van der Waals surface area contributed by atoms with E-state index in [1.807, 2.05) is 6.07 Å². The van der Waals surface area contributed by atoms with E-state index in [-0.39, 0.29) is 16.7 Å². The van der Waals surface area contributed by atoms with E-state index in [1.54, 1.807) is 7.11 Å². The minimum atomic E-state index is -0.458. The molecule has 1 aliphatic rings. The molecule has 1 aromatic carbocycles. The molecule has 0 saturated heterocycles. The first-order valence-corrected chi connectivity index (χ1v) is 6.97. The first-order chi connectivity index (χ1) is 8.64. The molecule has 1 saturated carbocycles. The summed E-state index contributed by atoms with van der Waals surface area (Å²) in [6.45, 7) is 13.0. The fourth-order valence-corrected chi connectivity index (χ4v) is 3.69. The number of aliphatic hydroxyl groups is 1. The van der Waals surface area contributed by atoms with E-state index in [0.717, 1.165) is 16.9 Å². The SMILES string of the molecule is COc1cc(C)cc(C)c1C(O)C1C(C)(C)C1(C)C. The molecule has 19 heavy (non-hydrogen) atoms. The highest BCUT2D eigenvalue weighted by Crippen LogP contribution is 2.72. The summed E-state index contributed by atoms with van der Waals surface area (Å²) in [5.74, 6) is 1.08. The molecule has 2 heteroatoms. The fourth-order valence-electron chi connectivity index (χ4n) is 3.69. The highest BCUT2D eigenvalue weighted by molar-refractivity contribution is 5.46. The molecule has 2 rings (SSSR count). The second kappa shape index (κ2) is 4.24. The van der Waals surface area contributed by atoms with E-state index < -0.39 is 6.10 Å². The maximum absolute atomic E-state index is 10.8. The molecule has 1 aliphatic carbocycles. The van der Waals surface area contributed by atoms with Crippen LogP contribution in [0.15, 0.2) is 12.1 Å². The van der Waals surface area contributed by atoms with E-state index in [2.05, 4.69) is 47.6 Å². The van der Waals surface area contributed by atoms with Gasteiger partial charge in [0.15, 0.2) is 0 Å². The molecule has 1 N–H and O–H groups in total. The number of methoxy groups -OCH3 is 1. The summed E-state index contributed by atoms with van der Waals surface area (Å²) in [6.07, 6.45) is -0.458. The molecule has 0 aromatic heterocycles. The van der Waals surface area contributed by atoms with Crippen LogP contribution in [0, 0.1) is 30.6 Å². The van der Waals surface area contributed by atoms with Gasteiger partial charge >= 0.3 is 0 Å². The molecular weight excluding hydrogens is 236 g/mol. The van der Waals surface area contributed by atoms with Gasteiger partial charge in [-0.15, -0.1) is 0 Å². The van der Waals surface area contributed by atoms with Gasteiger partial charge in [0, 0.05) is 11.5 Å². The van der Waals surface area contributed by atoms with E-state index in [4.69, 9.17) is 4.74 Å². The Bertz CT molecular complexity index is 486. The Morgan fingerprint density at radius 2 is 1.63 bits per heavy atom. The standard InChI is InChI=1S/C17H26O2/c1-10-8-11(2)13(12(9-10)19-7)14(18)15-16(3,4)17(15,5)6/h8-9,14-15,18H,1-7H3. The molecule has 0 heterocycles. The molecule has 0 bridgehead atoms. The summed E-state index contributed by atoms with van der Waals surface area (Å²) in [7, 11) is 1.67. The molecule has 106 valence electrons.